The Hall–Kier alpha value is -0.0331. The van der Waals surface area contributed by atoms with Gasteiger partial charge < -0.3 is 14.4 Å². The molecule has 0 aromatic carbocycles. The second-order valence-corrected chi connectivity index (χ2v) is 7.64. The van der Waals surface area contributed by atoms with E-state index in [9.17, 15) is 8.42 Å². The largest absolute Gasteiger partial charge is 0.492 e. The van der Waals surface area contributed by atoms with E-state index in [0.29, 0.717) is 6.42 Å². The third-order valence-electron chi connectivity index (χ3n) is 1.97. The summed E-state index contributed by atoms with van der Waals surface area (Å²) in [4.78, 5) is 26.3. The van der Waals surface area contributed by atoms with Gasteiger partial charge in [-0.25, -0.2) is 0 Å². The van der Waals surface area contributed by atoms with Gasteiger partial charge in [0.2, 0.25) is 0 Å². The topological polar surface area (TPSA) is 107 Å². The molecule has 0 rings (SSSR count). The molecule has 3 N–H and O–H groups in total. The van der Waals surface area contributed by atoms with Gasteiger partial charge in [-0.2, -0.15) is 17.8 Å². The third-order valence-corrected chi connectivity index (χ3v) is 4.27. The summed E-state index contributed by atoms with van der Waals surface area (Å²) in [6.07, 6.45) is 1.55. The van der Waals surface area contributed by atoms with Crippen LogP contribution in [0.25, 0.3) is 0 Å². The number of unbranched alkanes of at least 4 members (excludes halogenated alkanes) is 1. The number of nitrogens with zero attached hydrogens (tertiary/aromatic N) is 1. The van der Waals surface area contributed by atoms with Crippen LogP contribution in [0.15, 0.2) is 0 Å². The van der Waals surface area contributed by atoms with E-state index in [1.54, 1.807) is 0 Å². The van der Waals surface area contributed by atoms with E-state index in [1.807, 2.05) is 6.92 Å². The van der Waals surface area contributed by atoms with Gasteiger partial charge in [-0.1, -0.05) is 13.3 Å². The molecule has 0 bridgehead atoms. The van der Waals surface area contributed by atoms with Crippen LogP contribution in [0.2, 0.25) is 6.04 Å². The summed E-state index contributed by atoms with van der Waals surface area (Å²) in [5.41, 5.74) is 0. The molecule has 0 aliphatic carbocycles. The van der Waals surface area contributed by atoms with Gasteiger partial charge in [-0.15, -0.1) is 0 Å². The maximum absolute atomic E-state index is 11.4. The molecule has 0 saturated carbocycles. The molecule has 104 valence electrons. The second-order valence-electron chi connectivity index (χ2n) is 3.92. The molecule has 0 aromatic rings. The van der Waals surface area contributed by atoms with E-state index in [0.717, 1.165) is 11.5 Å². The van der Waals surface area contributed by atoms with E-state index in [-0.39, 0.29) is 24.8 Å². The van der Waals surface area contributed by atoms with Crippen molar-refractivity contribution in [3.63, 3.8) is 0 Å². The number of hydrogen-bond acceptors (Lipinski definition) is 7. The highest BCUT2D eigenvalue weighted by Gasteiger charge is 2.26. The Labute approximate surface area is 103 Å². The van der Waals surface area contributed by atoms with Gasteiger partial charge in [-0.05, 0) is 12.8 Å². The van der Waals surface area contributed by atoms with Crippen molar-refractivity contribution < 1.29 is 27.1 Å². The molecule has 0 amide bonds. The average molecular weight is 287 g/mol. The van der Waals surface area contributed by atoms with Gasteiger partial charge in [0.05, 0.1) is 5.75 Å². The molecule has 0 unspecified atom stereocenters. The first-order valence-corrected chi connectivity index (χ1v) is 9.09. The molecule has 0 saturated heterocycles. The van der Waals surface area contributed by atoms with Crippen molar-refractivity contribution in [2.75, 3.05) is 19.3 Å². The minimum absolute atomic E-state index is 0.0352. The van der Waals surface area contributed by atoms with Crippen LogP contribution >= 0.6 is 0 Å². The van der Waals surface area contributed by atoms with Crippen molar-refractivity contribution in [2.45, 2.75) is 32.2 Å². The summed E-state index contributed by atoms with van der Waals surface area (Å²) < 4.78 is 27.4. The van der Waals surface area contributed by atoms with Gasteiger partial charge in [0.15, 0.2) is 0 Å². The van der Waals surface area contributed by atoms with Crippen LogP contribution in [-0.2, 0) is 14.4 Å². The lowest BCUT2D eigenvalue weighted by Crippen LogP contribution is -2.35. The summed E-state index contributed by atoms with van der Waals surface area (Å²) in [6, 6.07) is -0.143. The van der Waals surface area contributed by atoms with Crippen LogP contribution in [0.1, 0.15) is 26.2 Å². The van der Waals surface area contributed by atoms with Crippen LogP contribution in [-0.4, -0.2) is 56.0 Å². The lowest BCUT2D eigenvalue weighted by molar-refractivity contribution is -0.0241. The van der Waals surface area contributed by atoms with Crippen molar-refractivity contribution >= 4 is 18.9 Å². The van der Waals surface area contributed by atoms with E-state index >= 15 is 0 Å². The highest BCUT2D eigenvalue weighted by Crippen LogP contribution is 2.06. The molecule has 17 heavy (non-hydrogen) atoms. The van der Waals surface area contributed by atoms with Gasteiger partial charge in [0.25, 0.3) is 10.1 Å². The molecule has 7 nitrogen and oxygen atoms in total. The van der Waals surface area contributed by atoms with Crippen LogP contribution in [0.3, 0.4) is 0 Å². The van der Waals surface area contributed by atoms with Gasteiger partial charge in [0.1, 0.15) is 0 Å². The molecule has 0 aliphatic rings. The molecule has 9 heteroatoms. The molecular formula is C8H21NO6SSi. The lowest BCUT2D eigenvalue weighted by atomic mass is 10.4. The monoisotopic (exact) mass is 287 g/mol. The standard InChI is InChI=1S/C8H21NO6SSi/c1-3-4-7-16(10,11)15-9(2)6-5-8-17(12,13)14/h12-14H,3-8H2,1-2H3. The van der Waals surface area contributed by atoms with E-state index in [2.05, 4.69) is 0 Å². The Morgan fingerprint density at radius 3 is 2.29 bits per heavy atom. The quantitative estimate of drug-likeness (QED) is 0.379. The molecule has 0 atom stereocenters. The van der Waals surface area contributed by atoms with E-state index in [1.165, 1.54) is 7.05 Å². The molecule has 0 heterocycles. The fourth-order valence-corrected chi connectivity index (χ4v) is 2.94. The van der Waals surface area contributed by atoms with Crippen LogP contribution in [0, 0.1) is 0 Å². The Morgan fingerprint density at radius 1 is 1.24 bits per heavy atom. The molecule has 0 fully saturated rings. The van der Waals surface area contributed by atoms with Crippen molar-refractivity contribution in [3.8, 4) is 0 Å². The van der Waals surface area contributed by atoms with Gasteiger partial charge in [-0.3, -0.25) is 0 Å². The van der Waals surface area contributed by atoms with Gasteiger partial charge >= 0.3 is 8.80 Å². The zero-order chi connectivity index (χ0) is 13.5. The summed E-state index contributed by atoms with van der Waals surface area (Å²) in [5.74, 6) is -0.0352. The SMILES string of the molecule is CCCCS(=O)(=O)ON(C)CCC[Si](O)(O)O. The number of rotatable bonds is 9. The lowest BCUT2D eigenvalue weighted by Gasteiger charge is -2.16. The average Bonchev–Trinajstić information content (AvgIpc) is 2.11. The predicted molar refractivity (Wildman–Crippen MR) is 64.2 cm³/mol. The maximum atomic E-state index is 11.4. The maximum Gasteiger partial charge on any atom is 0.492 e. The first kappa shape index (κ1) is 17.0. The highest BCUT2D eigenvalue weighted by molar-refractivity contribution is 7.86. The highest BCUT2D eigenvalue weighted by atomic mass is 32.2. The second kappa shape index (κ2) is 7.41. The number of hydroxylamine groups is 2. The molecule has 0 aliphatic heterocycles. The molecule has 0 aromatic heterocycles. The Kier molecular flexibility index (Phi) is 7.40. The van der Waals surface area contributed by atoms with Gasteiger partial charge in [0, 0.05) is 19.6 Å². The molecular weight excluding hydrogens is 266 g/mol. The minimum Gasteiger partial charge on any atom is -0.390 e. The fraction of sp³-hybridized carbons (Fsp3) is 1.00. The van der Waals surface area contributed by atoms with Crippen LogP contribution < -0.4 is 0 Å². The summed E-state index contributed by atoms with van der Waals surface area (Å²) in [6.45, 7) is 2.08. The van der Waals surface area contributed by atoms with Crippen molar-refractivity contribution in [3.05, 3.63) is 0 Å². The molecule has 0 spiro atoms. The minimum atomic E-state index is -4.04. The van der Waals surface area contributed by atoms with E-state index in [4.69, 9.17) is 18.7 Å². The Bertz CT molecular complexity index is 302. The molecule has 0 radical (unpaired) electrons. The zero-order valence-electron chi connectivity index (χ0n) is 10.2. The number of hydrogen-bond donors (Lipinski definition) is 3. The van der Waals surface area contributed by atoms with Crippen LogP contribution in [0.5, 0.6) is 0 Å². The van der Waals surface area contributed by atoms with Crippen molar-refractivity contribution in [1.82, 2.24) is 5.06 Å². The van der Waals surface area contributed by atoms with E-state index < -0.39 is 18.9 Å². The van der Waals surface area contributed by atoms with Crippen LogP contribution in [0.4, 0.5) is 0 Å². The summed E-state index contributed by atoms with van der Waals surface area (Å²) in [5, 5.41) is 1.12. The first-order chi connectivity index (χ1) is 7.66. The Morgan fingerprint density at radius 2 is 1.82 bits per heavy atom. The smallest absolute Gasteiger partial charge is 0.390 e. The predicted octanol–water partition coefficient (Wildman–Crippen LogP) is -0.714. The zero-order valence-corrected chi connectivity index (χ0v) is 12.0. The Balaban J connectivity index is 3.89. The first-order valence-electron chi connectivity index (χ1n) is 5.47. The third kappa shape index (κ3) is 10.8. The fourth-order valence-electron chi connectivity index (χ4n) is 1.13. The van der Waals surface area contributed by atoms with Crippen molar-refractivity contribution in [2.24, 2.45) is 0 Å². The normalized spacial score (nSPS) is 13.3. The summed E-state index contributed by atoms with van der Waals surface area (Å²) in [7, 11) is -6.15. The summed E-state index contributed by atoms with van der Waals surface area (Å²) >= 11 is 0. The van der Waals surface area contributed by atoms with Crippen molar-refractivity contribution in [1.29, 1.82) is 0 Å².